The lowest BCUT2D eigenvalue weighted by Crippen LogP contribution is -2.31. The molecule has 1 saturated heterocycles. The highest BCUT2D eigenvalue weighted by Gasteiger charge is 2.12. The zero-order valence-electron chi connectivity index (χ0n) is 19.2. The molecule has 0 atom stereocenters. The van der Waals surface area contributed by atoms with Crippen molar-refractivity contribution >= 4 is 11.8 Å². The average Bonchev–Trinajstić information content (AvgIpc) is 3.57. The number of likely N-dealkylation sites (tertiary alicyclic amines) is 1. The van der Waals surface area contributed by atoms with Gasteiger partial charge in [0.2, 0.25) is 11.8 Å². The van der Waals surface area contributed by atoms with E-state index in [1.165, 1.54) is 44.1 Å². The fourth-order valence-electron chi connectivity index (χ4n) is 4.05. The quantitative estimate of drug-likeness (QED) is 0.234. The van der Waals surface area contributed by atoms with E-state index in [0.717, 1.165) is 47.3 Å². The van der Waals surface area contributed by atoms with Crippen LogP contribution in [0.5, 0.6) is 5.75 Å². The predicted octanol–water partition coefficient (Wildman–Crippen LogP) is 5.67. The Balaban J connectivity index is 1.09. The second-order valence-corrected chi connectivity index (χ2v) is 9.35. The van der Waals surface area contributed by atoms with Gasteiger partial charge in [-0.05, 0) is 62.2 Å². The van der Waals surface area contributed by atoms with Gasteiger partial charge in [-0.15, -0.1) is 10.2 Å². The van der Waals surface area contributed by atoms with Gasteiger partial charge in [-0.2, -0.15) is 0 Å². The van der Waals surface area contributed by atoms with Gasteiger partial charge in [0.15, 0.2) is 5.16 Å². The molecule has 1 N–H and O–H groups in total. The molecule has 5 rings (SSSR count). The number of hydrogen-bond donors (Lipinski definition) is 1. The van der Waals surface area contributed by atoms with Crippen LogP contribution < -0.4 is 4.74 Å². The molecule has 0 unspecified atom stereocenters. The van der Waals surface area contributed by atoms with Crippen molar-refractivity contribution in [2.24, 2.45) is 0 Å². The second-order valence-electron chi connectivity index (χ2n) is 8.39. The molecule has 0 aliphatic carbocycles. The first-order chi connectivity index (χ1) is 16.8. The first-order valence-electron chi connectivity index (χ1n) is 11.8. The van der Waals surface area contributed by atoms with Crippen LogP contribution in [0.1, 0.15) is 31.6 Å². The Labute approximate surface area is 204 Å². The van der Waals surface area contributed by atoms with E-state index < -0.39 is 0 Å². The van der Waals surface area contributed by atoms with Crippen molar-refractivity contribution in [2.75, 3.05) is 26.2 Å². The summed E-state index contributed by atoms with van der Waals surface area (Å²) in [4.78, 5) is 10.3. The van der Waals surface area contributed by atoms with Crippen LogP contribution in [0.4, 0.5) is 0 Å². The number of hydrogen-bond acceptors (Lipinski definition) is 7. The van der Waals surface area contributed by atoms with Crippen molar-refractivity contribution in [2.45, 2.75) is 36.6 Å². The molecular weight excluding hydrogens is 446 g/mol. The number of aromatic amines is 1. The monoisotopic (exact) mass is 475 g/mol. The van der Waals surface area contributed by atoms with Crippen LogP contribution in [0, 0.1) is 0 Å². The van der Waals surface area contributed by atoms with Gasteiger partial charge in [0.25, 0.3) is 0 Å². The van der Waals surface area contributed by atoms with Crippen molar-refractivity contribution in [1.29, 1.82) is 0 Å². The number of thioether (sulfide) groups is 1. The van der Waals surface area contributed by atoms with Crippen LogP contribution in [-0.2, 0) is 5.75 Å². The summed E-state index contributed by atoms with van der Waals surface area (Å²) < 4.78 is 11.8. The van der Waals surface area contributed by atoms with E-state index in [1.54, 1.807) is 0 Å². The van der Waals surface area contributed by atoms with Crippen molar-refractivity contribution in [1.82, 2.24) is 25.1 Å². The van der Waals surface area contributed by atoms with E-state index in [1.807, 2.05) is 48.7 Å². The van der Waals surface area contributed by atoms with E-state index in [0.29, 0.717) is 17.5 Å². The molecule has 3 heterocycles. The topological polar surface area (TPSA) is 80.1 Å². The summed E-state index contributed by atoms with van der Waals surface area (Å²) in [5, 5.41) is 9.21. The molecule has 34 heavy (non-hydrogen) atoms. The highest BCUT2D eigenvalue weighted by molar-refractivity contribution is 7.98. The minimum absolute atomic E-state index is 0.511. The molecule has 0 radical (unpaired) electrons. The lowest BCUT2D eigenvalue weighted by Gasteiger charge is -2.26. The van der Waals surface area contributed by atoms with Crippen molar-refractivity contribution in [3.05, 3.63) is 66.7 Å². The largest absolute Gasteiger partial charge is 0.494 e. The summed E-state index contributed by atoms with van der Waals surface area (Å²) in [5.74, 6) is 2.49. The van der Waals surface area contributed by atoms with Gasteiger partial charge < -0.3 is 19.0 Å². The number of H-pyrrole nitrogens is 1. The molecule has 2 aromatic carbocycles. The normalized spacial score (nSPS) is 14.4. The fourth-order valence-corrected chi connectivity index (χ4v) is 4.74. The molecule has 0 bridgehead atoms. The van der Waals surface area contributed by atoms with Gasteiger partial charge >= 0.3 is 0 Å². The molecule has 1 aliphatic heterocycles. The Morgan fingerprint density at radius 2 is 1.76 bits per heavy atom. The maximum absolute atomic E-state index is 5.91. The molecule has 1 fully saturated rings. The van der Waals surface area contributed by atoms with E-state index in [2.05, 4.69) is 37.2 Å². The Bertz CT molecular complexity index is 1150. The SMILES string of the molecule is c1ccc(-c2cnc(SCc3nnc(-c4ccc(OCCCN5CCCCC5)cc4)o3)[nH]2)cc1. The van der Waals surface area contributed by atoms with Gasteiger partial charge in [0.1, 0.15) is 5.75 Å². The van der Waals surface area contributed by atoms with Crippen LogP contribution in [0.15, 0.2) is 70.4 Å². The van der Waals surface area contributed by atoms with Gasteiger partial charge in [-0.25, -0.2) is 4.98 Å². The Hall–Kier alpha value is -3.10. The summed E-state index contributed by atoms with van der Waals surface area (Å²) in [5.41, 5.74) is 2.98. The average molecular weight is 476 g/mol. The van der Waals surface area contributed by atoms with Gasteiger partial charge in [-0.1, -0.05) is 48.5 Å². The molecule has 0 spiro atoms. The maximum atomic E-state index is 5.91. The van der Waals surface area contributed by atoms with Crippen molar-refractivity contribution in [3.8, 4) is 28.5 Å². The maximum Gasteiger partial charge on any atom is 0.247 e. The van der Waals surface area contributed by atoms with Gasteiger partial charge in [-0.3, -0.25) is 0 Å². The summed E-state index contributed by atoms with van der Waals surface area (Å²) >= 11 is 1.53. The molecule has 176 valence electrons. The van der Waals surface area contributed by atoms with E-state index >= 15 is 0 Å². The first kappa shape index (κ1) is 22.7. The molecule has 2 aromatic heterocycles. The third-order valence-electron chi connectivity index (χ3n) is 5.87. The minimum atomic E-state index is 0.511. The van der Waals surface area contributed by atoms with Gasteiger partial charge in [0.05, 0.1) is 24.3 Å². The number of nitrogens with zero attached hydrogens (tertiary/aromatic N) is 4. The highest BCUT2D eigenvalue weighted by atomic mass is 32.2. The predicted molar refractivity (Wildman–Crippen MR) is 134 cm³/mol. The van der Waals surface area contributed by atoms with Crippen LogP contribution in [0.25, 0.3) is 22.7 Å². The third-order valence-corrected chi connectivity index (χ3v) is 6.75. The van der Waals surface area contributed by atoms with Crippen molar-refractivity contribution < 1.29 is 9.15 Å². The Morgan fingerprint density at radius 1 is 0.941 bits per heavy atom. The second kappa shape index (κ2) is 11.4. The summed E-state index contributed by atoms with van der Waals surface area (Å²) in [6.45, 7) is 4.31. The molecule has 7 nitrogen and oxygen atoms in total. The van der Waals surface area contributed by atoms with Gasteiger partial charge in [0, 0.05) is 12.1 Å². The number of benzene rings is 2. The fraction of sp³-hybridized carbons (Fsp3) is 0.346. The van der Waals surface area contributed by atoms with Crippen LogP contribution in [0.3, 0.4) is 0 Å². The molecule has 1 aliphatic rings. The lowest BCUT2D eigenvalue weighted by molar-refractivity contribution is 0.205. The number of imidazole rings is 1. The number of rotatable bonds is 10. The zero-order valence-corrected chi connectivity index (χ0v) is 20.0. The molecule has 8 heteroatoms. The molecule has 0 saturated carbocycles. The third kappa shape index (κ3) is 6.07. The number of aromatic nitrogens is 4. The molecule has 0 amide bonds. The van der Waals surface area contributed by atoms with E-state index in [4.69, 9.17) is 9.15 Å². The lowest BCUT2D eigenvalue weighted by atomic mass is 10.1. The molecule has 4 aromatic rings. The Morgan fingerprint density at radius 3 is 2.59 bits per heavy atom. The van der Waals surface area contributed by atoms with Crippen LogP contribution >= 0.6 is 11.8 Å². The summed E-state index contributed by atoms with van der Waals surface area (Å²) in [7, 11) is 0. The summed E-state index contributed by atoms with van der Waals surface area (Å²) in [6.07, 6.45) is 6.93. The Kier molecular flexibility index (Phi) is 7.57. The minimum Gasteiger partial charge on any atom is -0.494 e. The van der Waals surface area contributed by atoms with Crippen LogP contribution in [-0.4, -0.2) is 51.3 Å². The standard InChI is InChI=1S/C26H29N5O2S/c1-3-8-20(9-4-1)23-18-27-26(28-23)34-19-24-29-30-25(33-24)21-10-12-22(13-11-21)32-17-7-16-31-14-5-2-6-15-31/h1,3-4,8-13,18H,2,5-7,14-17,19H2,(H,27,28). The number of nitrogens with one attached hydrogen (secondary N) is 1. The smallest absolute Gasteiger partial charge is 0.247 e. The van der Waals surface area contributed by atoms with Crippen LogP contribution in [0.2, 0.25) is 0 Å². The number of piperidine rings is 1. The zero-order chi connectivity index (χ0) is 23.0. The summed E-state index contributed by atoms with van der Waals surface area (Å²) in [6, 6.07) is 18.0. The highest BCUT2D eigenvalue weighted by Crippen LogP contribution is 2.26. The van der Waals surface area contributed by atoms with Crippen molar-refractivity contribution in [3.63, 3.8) is 0 Å². The van der Waals surface area contributed by atoms with E-state index in [9.17, 15) is 0 Å². The number of ether oxygens (including phenoxy) is 1. The molecular formula is C26H29N5O2S. The van der Waals surface area contributed by atoms with E-state index in [-0.39, 0.29) is 0 Å². The first-order valence-corrected chi connectivity index (χ1v) is 12.8.